The second-order valence-corrected chi connectivity index (χ2v) is 4.97. The average Bonchev–Trinajstić information content (AvgIpc) is 2.92. The number of carbonyl (C=O) groups is 1. The number of pyridine rings is 1. The number of nitrogens with zero attached hydrogens (tertiary/aromatic N) is 2. The lowest BCUT2D eigenvalue weighted by molar-refractivity contribution is -0.124. The lowest BCUT2D eigenvalue weighted by Crippen LogP contribution is -2.47. The normalized spacial score (nSPS) is 25.4. The van der Waals surface area contributed by atoms with Gasteiger partial charge < -0.3 is 10.7 Å². The average molecular weight is 271 g/mol. The van der Waals surface area contributed by atoms with Crippen molar-refractivity contribution in [3.63, 3.8) is 0 Å². The van der Waals surface area contributed by atoms with E-state index in [0.717, 1.165) is 11.4 Å². The van der Waals surface area contributed by atoms with Crippen LogP contribution in [0.4, 0.5) is 0 Å². The quantitative estimate of drug-likeness (QED) is 0.740. The summed E-state index contributed by atoms with van der Waals surface area (Å²) in [6.45, 7) is 2.56. The summed E-state index contributed by atoms with van der Waals surface area (Å²) in [6.07, 6.45) is 5.39. The monoisotopic (exact) mass is 271 g/mol. The number of amides is 1. The standard InChI is InChI=1S/C14H17N5O/c1-9(11-4-2-3-6-16-11)17-14(20)13-10-8-15-7-5-12(10)18-19-13/h2-7,9-10,13,18-19H,8H2,1H3,(H,17,20). The SMILES string of the molecule is CC(NC(=O)C1NNC2=CC=NCC21)c1ccccn1. The third-order valence-electron chi connectivity index (χ3n) is 3.61. The molecule has 1 aromatic rings. The Morgan fingerprint density at radius 2 is 2.40 bits per heavy atom. The number of aromatic nitrogens is 1. The van der Waals surface area contributed by atoms with Gasteiger partial charge in [-0.2, -0.15) is 0 Å². The van der Waals surface area contributed by atoms with Crippen LogP contribution in [0.5, 0.6) is 0 Å². The lowest BCUT2D eigenvalue weighted by atomic mass is 9.96. The summed E-state index contributed by atoms with van der Waals surface area (Å²) in [7, 11) is 0. The summed E-state index contributed by atoms with van der Waals surface area (Å²) in [6, 6.07) is 5.26. The van der Waals surface area contributed by atoms with Crippen LogP contribution >= 0.6 is 0 Å². The van der Waals surface area contributed by atoms with Crippen molar-refractivity contribution in [1.82, 2.24) is 21.2 Å². The summed E-state index contributed by atoms with van der Waals surface area (Å²) in [4.78, 5) is 20.8. The molecule has 3 unspecified atom stereocenters. The number of hydrogen-bond donors (Lipinski definition) is 3. The van der Waals surface area contributed by atoms with Crippen LogP contribution in [0.3, 0.4) is 0 Å². The molecule has 0 radical (unpaired) electrons. The smallest absolute Gasteiger partial charge is 0.240 e. The number of dihydropyridines is 1. The molecule has 0 spiro atoms. The van der Waals surface area contributed by atoms with Gasteiger partial charge in [0, 0.05) is 30.6 Å². The molecule has 0 bridgehead atoms. The van der Waals surface area contributed by atoms with Gasteiger partial charge in [0.15, 0.2) is 0 Å². The molecule has 3 heterocycles. The van der Waals surface area contributed by atoms with E-state index in [1.165, 1.54) is 0 Å². The molecule has 2 aliphatic rings. The second-order valence-electron chi connectivity index (χ2n) is 4.97. The molecule has 1 fully saturated rings. The molecule has 0 aliphatic carbocycles. The van der Waals surface area contributed by atoms with Crippen molar-refractivity contribution in [1.29, 1.82) is 0 Å². The van der Waals surface area contributed by atoms with Crippen LogP contribution in [0.1, 0.15) is 18.7 Å². The maximum Gasteiger partial charge on any atom is 0.240 e. The van der Waals surface area contributed by atoms with Crippen molar-refractivity contribution in [3.8, 4) is 0 Å². The maximum absolute atomic E-state index is 12.4. The first-order valence-corrected chi connectivity index (χ1v) is 6.68. The molecule has 3 atom stereocenters. The third-order valence-corrected chi connectivity index (χ3v) is 3.61. The van der Waals surface area contributed by atoms with Gasteiger partial charge in [0.1, 0.15) is 6.04 Å². The molecular formula is C14H17N5O. The number of nitrogens with one attached hydrogen (secondary N) is 3. The number of carbonyl (C=O) groups excluding carboxylic acids is 1. The Morgan fingerprint density at radius 3 is 3.20 bits per heavy atom. The van der Waals surface area contributed by atoms with Crippen LogP contribution in [0.2, 0.25) is 0 Å². The van der Waals surface area contributed by atoms with E-state index < -0.39 is 0 Å². The third kappa shape index (κ3) is 2.42. The number of aliphatic imine (C=N–C) groups is 1. The molecular weight excluding hydrogens is 254 g/mol. The van der Waals surface area contributed by atoms with E-state index in [9.17, 15) is 4.79 Å². The van der Waals surface area contributed by atoms with Crippen molar-refractivity contribution in [3.05, 3.63) is 41.9 Å². The van der Waals surface area contributed by atoms with E-state index in [-0.39, 0.29) is 23.9 Å². The number of rotatable bonds is 3. The van der Waals surface area contributed by atoms with E-state index in [4.69, 9.17) is 0 Å². The first-order chi connectivity index (χ1) is 9.75. The highest BCUT2D eigenvalue weighted by Gasteiger charge is 2.37. The Kier molecular flexibility index (Phi) is 3.47. The molecule has 0 saturated carbocycles. The fourth-order valence-electron chi connectivity index (χ4n) is 2.47. The Balaban J connectivity index is 1.65. The highest BCUT2D eigenvalue weighted by Crippen LogP contribution is 2.21. The number of hydrazine groups is 1. The molecule has 2 aliphatic heterocycles. The molecule has 6 heteroatoms. The first-order valence-electron chi connectivity index (χ1n) is 6.68. The Bertz CT molecular complexity index is 554. The highest BCUT2D eigenvalue weighted by molar-refractivity contribution is 5.84. The summed E-state index contributed by atoms with van der Waals surface area (Å²) in [5.74, 6) is 0.0390. The van der Waals surface area contributed by atoms with Crippen molar-refractivity contribution < 1.29 is 4.79 Å². The molecule has 3 N–H and O–H groups in total. The van der Waals surface area contributed by atoms with Gasteiger partial charge in [-0.3, -0.25) is 14.8 Å². The maximum atomic E-state index is 12.4. The Morgan fingerprint density at radius 1 is 1.50 bits per heavy atom. The molecule has 1 saturated heterocycles. The Hall–Kier alpha value is -2.21. The molecule has 1 amide bonds. The fraction of sp³-hybridized carbons (Fsp3) is 0.357. The molecule has 20 heavy (non-hydrogen) atoms. The van der Waals surface area contributed by atoms with Crippen LogP contribution in [-0.4, -0.2) is 29.7 Å². The minimum absolute atomic E-state index is 0.0406. The van der Waals surface area contributed by atoms with Crippen LogP contribution in [0.15, 0.2) is 41.2 Å². The fourth-order valence-corrected chi connectivity index (χ4v) is 2.47. The summed E-state index contributed by atoms with van der Waals surface area (Å²) < 4.78 is 0. The minimum Gasteiger partial charge on any atom is -0.347 e. The zero-order valence-electron chi connectivity index (χ0n) is 11.2. The first kappa shape index (κ1) is 12.8. The minimum atomic E-state index is -0.301. The van der Waals surface area contributed by atoms with Crippen LogP contribution < -0.4 is 16.2 Å². The van der Waals surface area contributed by atoms with Crippen molar-refractivity contribution >= 4 is 12.1 Å². The number of allylic oxidation sites excluding steroid dienone is 1. The lowest BCUT2D eigenvalue weighted by Gasteiger charge is -2.20. The number of fused-ring (bicyclic) bond motifs is 1. The molecule has 3 rings (SSSR count). The van der Waals surface area contributed by atoms with Gasteiger partial charge in [-0.05, 0) is 25.1 Å². The zero-order chi connectivity index (χ0) is 13.9. The van der Waals surface area contributed by atoms with E-state index in [0.29, 0.717) is 6.54 Å². The van der Waals surface area contributed by atoms with E-state index in [1.807, 2.05) is 31.2 Å². The molecule has 6 nitrogen and oxygen atoms in total. The molecule has 0 aromatic carbocycles. The van der Waals surface area contributed by atoms with Crippen molar-refractivity contribution in [2.75, 3.05) is 6.54 Å². The van der Waals surface area contributed by atoms with Gasteiger partial charge in [-0.25, -0.2) is 5.43 Å². The second kappa shape index (κ2) is 5.42. The topological polar surface area (TPSA) is 78.4 Å². The predicted octanol–water partition coefficient (Wildman–Crippen LogP) is 0.320. The van der Waals surface area contributed by atoms with Gasteiger partial charge in [0.05, 0.1) is 11.7 Å². The van der Waals surface area contributed by atoms with E-state index in [1.54, 1.807) is 12.4 Å². The summed E-state index contributed by atoms with van der Waals surface area (Å²) in [5.41, 5.74) is 7.94. The van der Waals surface area contributed by atoms with Gasteiger partial charge in [-0.1, -0.05) is 6.07 Å². The van der Waals surface area contributed by atoms with Crippen LogP contribution in [-0.2, 0) is 4.79 Å². The van der Waals surface area contributed by atoms with Crippen molar-refractivity contribution in [2.45, 2.75) is 19.0 Å². The largest absolute Gasteiger partial charge is 0.347 e. The van der Waals surface area contributed by atoms with Crippen LogP contribution in [0, 0.1) is 5.92 Å². The van der Waals surface area contributed by atoms with Gasteiger partial charge in [0.2, 0.25) is 5.91 Å². The predicted molar refractivity (Wildman–Crippen MR) is 75.8 cm³/mol. The summed E-state index contributed by atoms with van der Waals surface area (Å²) >= 11 is 0. The molecule has 104 valence electrons. The van der Waals surface area contributed by atoms with Gasteiger partial charge >= 0.3 is 0 Å². The number of hydrogen-bond acceptors (Lipinski definition) is 5. The van der Waals surface area contributed by atoms with Gasteiger partial charge in [0.25, 0.3) is 0 Å². The highest BCUT2D eigenvalue weighted by atomic mass is 16.2. The Labute approximate surface area is 117 Å². The van der Waals surface area contributed by atoms with Gasteiger partial charge in [-0.15, -0.1) is 0 Å². The van der Waals surface area contributed by atoms with Crippen molar-refractivity contribution in [2.24, 2.45) is 10.9 Å². The van der Waals surface area contributed by atoms with E-state index in [2.05, 4.69) is 26.1 Å². The molecule has 1 aromatic heterocycles. The van der Waals surface area contributed by atoms with Crippen LogP contribution in [0.25, 0.3) is 0 Å². The summed E-state index contributed by atoms with van der Waals surface area (Å²) in [5, 5.41) is 2.99. The zero-order valence-corrected chi connectivity index (χ0v) is 11.2. The van der Waals surface area contributed by atoms with E-state index >= 15 is 0 Å².